The first-order valence-electron chi connectivity index (χ1n) is 5.27. The zero-order chi connectivity index (χ0) is 11.5. The Morgan fingerprint density at radius 2 is 2.19 bits per heavy atom. The average Bonchev–Trinajstić information content (AvgIpc) is 2.78. The van der Waals surface area contributed by atoms with Crippen molar-refractivity contribution in [2.24, 2.45) is 0 Å². The first kappa shape index (κ1) is 11.2. The summed E-state index contributed by atoms with van der Waals surface area (Å²) in [5, 5.41) is 4.21. The number of aromatic nitrogens is 2. The minimum Gasteiger partial charge on any atom is -0.312 e. The van der Waals surface area contributed by atoms with Crippen LogP contribution in [0.4, 0.5) is 0 Å². The summed E-state index contributed by atoms with van der Waals surface area (Å²) in [4.78, 5) is 10.0. The number of aryl methyl sites for hydroxylation is 1. The molecule has 4 heteroatoms. The number of thiazole rings is 1. The van der Waals surface area contributed by atoms with Crippen LogP contribution in [0.25, 0.3) is 10.7 Å². The molecular formula is C12H15N3S. The van der Waals surface area contributed by atoms with Crippen molar-refractivity contribution in [3.8, 4) is 10.7 Å². The molecule has 16 heavy (non-hydrogen) atoms. The van der Waals surface area contributed by atoms with Crippen LogP contribution in [0.1, 0.15) is 23.4 Å². The fourth-order valence-electron chi connectivity index (χ4n) is 1.45. The molecule has 0 aliphatic heterocycles. The second-order valence-electron chi connectivity index (χ2n) is 3.75. The van der Waals surface area contributed by atoms with Crippen LogP contribution in [0.3, 0.4) is 0 Å². The lowest BCUT2D eigenvalue weighted by Gasteiger charge is -2.05. The number of nitrogens with zero attached hydrogens (tertiary/aromatic N) is 2. The summed E-state index contributed by atoms with van der Waals surface area (Å²) in [6.07, 6.45) is 3.74. The van der Waals surface area contributed by atoms with E-state index in [0.29, 0.717) is 6.04 Å². The summed E-state index contributed by atoms with van der Waals surface area (Å²) in [6.45, 7) is 4.19. The third-order valence-corrected chi connectivity index (χ3v) is 3.78. The highest BCUT2D eigenvalue weighted by molar-refractivity contribution is 7.15. The number of rotatable bonds is 3. The zero-order valence-electron chi connectivity index (χ0n) is 9.69. The first-order chi connectivity index (χ1) is 7.72. The van der Waals surface area contributed by atoms with Crippen LogP contribution >= 0.6 is 11.3 Å². The summed E-state index contributed by atoms with van der Waals surface area (Å²) in [6, 6.07) is 4.35. The predicted molar refractivity (Wildman–Crippen MR) is 67.6 cm³/mol. The monoisotopic (exact) mass is 233 g/mol. The molecule has 2 heterocycles. The van der Waals surface area contributed by atoms with Crippen molar-refractivity contribution in [1.29, 1.82) is 0 Å². The molecule has 2 rings (SSSR count). The zero-order valence-corrected chi connectivity index (χ0v) is 10.5. The Morgan fingerprint density at radius 3 is 2.88 bits per heavy atom. The van der Waals surface area contributed by atoms with Crippen molar-refractivity contribution in [2.75, 3.05) is 7.05 Å². The van der Waals surface area contributed by atoms with E-state index in [2.05, 4.69) is 35.2 Å². The maximum absolute atomic E-state index is 4.43. The van der Waals surface area contributed by atoms with Gasteiger partial charge in [0.05, 0.1) is 0 Å². The Morgan fingerprint density at radius 1 is 1.38 bits per heavy atom. The van der Waals surface area contributed by atoms with E-state index < -0.39 is 0 Å². The van der Waals surface area contributed by atoms with Gasteiger partial charge >= 0.3 is 0 Å². The maximum Gasteiger partial charge on any atom is 0.142 e. The molecule has 0 aromatic carbocycles. The van der Waals surface area contributed by atoms with Crippen LogP contribution < -0.4 is 5.32 Å². The van der Waals surface area contributed by atoms with Crippen molar-refractivity contribution >= 4 is 11.3 Å². The van der Waals surface area contributed by atoms with Gasteiger partial charge in [-0.3, -0.25) is 4.98 Å². The molecule has 0 bridgehead atoms. The van der Waals surface area contributed by atoms with Gasteiger partial charge < -0.3 is 5.32 Å². The van der Waals surface area contributed by atoms with Gasteiger partial charge in [-0.25, -0.2) is 4.98 Å². The van der Waals surface area contributed by atoms with E-state index in [-0.39, 0.29) is 0 Å². The molecule has 0 aliphatic rings. The molecule has 0 radical (unpaired) electrons. The molecule has 1 N–H and O–H groups in total. The summed E-state index contributed by atoms with van der Waals surface area (Å²) in [5.41, 5.74) is 2.16. The minimum atomic E-state index is 0.343. The van der Waals surface area contributed by atoms with Gasteiger partial charge in [-0.2, -0.15) is 0 Å². The number of hydrogen-bond donors (Lipinski definition) is 1. The second kappa shape index (κ2) is 4.72. The Labute approximate surface area is 99.6 Å². The van der Waals surface area contributed by atoms with E-state index >= 15 is 0 Å². The van der Waals surface area contributed by atoms with E-state index in [1.807, 2.05) is 25.5 Å². The van der Waals surface area contributed by atoms with Crippen LogP contribution in [-0.2, 0) is 0 Å². The molecule has 2 aromatic rings. The topological polar surface area (TPSA) is 37.8 Å². The number of pyridine rings is 1. The summed E-state index contributed by atoms with van der Waals surface area (Å²) in [5.74, 6) is 0. The normalized spacial score (nSPS) is 12.7. The van der Waals surface area contributed by atoms with Crippen molar-refractivity contribution in [3.63, 3.8) is 0 Å². The summed E-state index contributed by atoms with van der Waals surface area (Å²) in [7, 11) is 1.95. The van der Waals surface area contributed by atoms with Crippen LogP contribution in [-0.4, -0.2) is 17.0 Å². The van der Waals surface area contributed by atoms with Gasteiger partial charge in [-0.05, 0) is 32.5 Å². The lowest BCUT2D eigenvalue weighted by Crippen LogP contribution is -2.10. The maximum atomic E-state index is 4.43. The van der Waals surface area contributed by atoms with Gasteiger partial charge in [0.2, 0.25) is 0 Å². The SMILES string of the molecule is CNC(C)c1cnc(-c2ncccc2C)s1. The third kappa shape index (κ3) is 2.13. The molecule has 0 fully saturated rings. The van der Waals surface area contributed by atoms with Gasteiger partial charge in [0.15, 0.2) is 0 Å². The van der Waals surface area contributed by atoms with E-state index in [0.717, 1.165) is 10.7 Å². The number of hydrogen-bond acceptors (Lipinski definition) is 4. The van der Waals surface area contributed by atoms with E-state index in [9.17, 15) is 0 Å². The Hall–Kier alpha value is -1.26. The Bertz CT molecular complexity index is 479. The molecule has 3 nitrogen and oxygen atoms in total. The molecule has 0 spiro atoms. The molecule has 1 unspecified atom stereocenters. The number of nitrogens with one attached hydrogen (secondary N) is 1. The highest BCUT2D eigenvalue weighted by Gasteiger charge is 2.11. The molecule has 0 amide bonds. The molecule has 0 saturated heterocycles. The highest BCUT2D eigenvalue weighted by atomic mass is 32.1. The summed E-state index contributed by atoms with van der Waals surface area (Å²) < 4.78 is 0. The second-order valence-corrected chi connectivity index (χ2v) is 4.81. The summed E-state index contributed by atoms with van der Waals surface area (Å²) >= 11 is 1.70. The lowest BCUT2D eigenvalue weighted by molar-refractivity contribution is 0.662. The van der Waals surface area contributed by atoms with Crippen LogP contribution in [0.15, 0.2) is 24.5 Å². The van der Waals surface area contributed by atoms with Gasteiger partial charge in [0.25, 0.3) is 0 Å². The van der Waals surface area contributed by atoms with Crippen LogP contribution in [0, 0.1) is 6.92 Å². The molecular weight excluding hydrogens is 218 g/mol. The van der Waals surface area contributed by atoms with E-state index in [1.54, 1.807) is 11.3 Å². The van der Waals surface area contributed by atoms with Gasteiger partial charge in [0.1, 0.15) is 10.7 Å². The predicted octanol–water partition coefficient (Wildman–Crippen LogP) is 2.79. The lowest BCUT2D eigenvalue weighted by atomic mass is 10.2. The first-order valence-corrected chi connectivity index (χ1v) is 6.09. The fraction of sp³-hybridized carbons (Fsp3) is 0.333. The van der Waals surface area contributed by atoms with Crippen molar-refractivity contribution in [3.05, 3.63) is 35.0 Å². The quantitative estimate of drug-likeness (QED) is 0.885. The Balaban J connectivity index is 2.35. The smallest absolute Gasteiger partial charge is 0.142 e. The largest absolute Gasteiger partial charge is 0.312 e. The van der Waals surface area contributed by atoms with Crippen molar-refractivity contribution in [2.45, 2.75) is 19.9 Å². The van der Waals surface area contributed by atoms with Gasteiger partial charge in [-0.1, -0.05) is 6.07 Å². The third-order valence-electron chi connectivity index (χ3n) is 2.60. The molecule has 1 atom stereocenters. The standard InChI is InChI=1S/C12H15N3S/c1-8-5-4-6-14-11(8)12-15-7-10(16-12)9(2)13-3/h4-7,9,13H,1-3H3. The molecule has 2 aromatic heterocycles. The molecule has 0 aliphatic carbocycles. The van der Waals surface area contributed by atoms with Crippen molar-refractivity contribution in [1.82, 2.24) is 15.3 Å². The molecule has 84 valence electrons. The van der Waals surface area contributed by atoms with Gasteiger partial charge in [0, 0.05) is 23.3 Å². The highest BCUT2D eigenvalue weighted by Crippen LogP contribution is 2.28. The van der Waals surface area contributed by atoms with E-state index in [4.69, 9.17) is 0 Å². The molecule has 0 saturated carbocycles. The van der Waals surface area contributed by atoms with E-state index in [1.165, 1.54) is 10.4 Å². The average molecular weight is 233 g/mol. The fourth-order valence-corrected chi connectivity index (χ4v) is 2.49. The van der Waals surface area contributed by atoms with Crippen molar-refractivity contribution < 1.29 is 0 Å². The minimum absolute atomic E-state index is 0.343. The van der Waals surface area contributed by atoms with Crippen LogP contribution in [0.2, 0.25) is 0 Å². The Kier molecular flexibility index (Phi) is 3.31. The van der Waals surface area contributed by atoms with Gasteiger partial charge in [-0.15, -0.1) is 11.3 Å². The van der Waals surface area contributed by atoms with Crippen LogP contribution in [0.5, 0.6) is 0 Å².